The maximum absolute atomic E-state index is 4.94. The maximum atomic E-state index is 4.94. The number of rotatable bonds is 12. The van der Waals surface area contributed by atoms with E-state index < -0.39 is 0 Å². The maximum Gasteiger partial charge on any atom is 0.0701 e. The molecule has 3 rings (SSSR count). The van der Waals surface area contributed by atoms with Gasteiger partial charge in [0.25, 0.3) is 0 Å². The zero-order valence-corrected chi connectivity index (χ0v) is 23.5. The topological polar surface area (TPSA) is 26.6 Å². The molecule has 4 heteroatoms. The zero-order valence-electron chi connectivity index (χ0n) is 23.5. The Bertz CT molecular complexity index is 636. The van der Waals surface area contributed by atoms with E-state index in [-0.39, 0.29) is 5.54 Å². The van der Waals surface area contributed by atoms with Crippen LogP contribution >= 0.6 is 0 Å². The van der Waals surface area contributed by atoms with Gasteiger partial charge in [0.1, 0.15) is 0 Å². The SMILES string of the molecule is C1COCCO1.CCCCCCCCCCCCc1ccn(C2CCC(C)(C)N(C)C2(C)C)c1. The average Bonchev–Trinajstić information content (AvgIpc) is 3.29. The molecule has 2 aliphatic rings. The summed E-state index contributed by atoms with van der Waals surface area (Å²) in [7, 11) is 2.31. The highest BCUT2D eigenvalue weighted by Crippen LogP contribution is 2.43. The van der Waals surface area contributed by atoms with Crippen LogP contribution in [-0.2, 0) is 15.9 Å². The molecule has 0 radical (unpaired) electrons. The van der Waals surface area contributed by atoms with Crippen molar-refractivity contribution in [1.82, 2.24) is 9.47 Å². The van der Waals surface area contributed by atoms with Gasteiger partial charge in [0.15, 0.2) is 0 Å². The third kappa shape index (κ3) is 9.66. The number of unbranched alkanes of at least 4 members (excludes halogenated alkanes) is 9. The smallest absolute Gasteiger partial charge is 0.0701 e. The number of hydrogen-bond acceptors (Lipinski definition) is 3. The molecular weight excluding hydrogens is 420 g/mol. The summed E-state index contributed by atoms with van der Waals surface area (Å²) >= 11 is 0. The number of aryl methyl sites for hydroxylation is 1. The molecule has 34 heavy (non-hydrogen) atoms. The molecule has 1 unspecified atom stereocenters. The Kier molecular flexibility index (Phi) is 13.2. The lowest BCUT2D eigenvalue weighted by Crippen LogP contribution is -2.60. The zero-order chi connectivity index (χ0) is 24.9. The minimum absolute atomic E-state index is 0.190. The van der Waals surface area contributed by atoms with Gasteiger partial charge in [-0.05, 0) is 72.1 Å². The van der Waals surface area contributed by atoms with Gasteiger partial charge in [-0.15, -0.1) is 0 Å². The standard InChI is InChI=1S/C26H48N2.C4H8O2/c1-7-8-9-10-11-12-13-14-15-16-17-23-19-21-28(22-23)24-18-20-25(2,3)27(6)26(24,4)5;1-2-6-4-3-5-1/h19,21-22,24H,7-18,20H2,1-6H3;1-4H2. The number of nitrogens with zero attached hydrogens (tertiary/aromatic N) is 2. The van der Waals surface area contributed by atoms with Crippen LogP contribution in [0.3, 0.4) is 0 Å². The van der Waals surface area contributed by atoms with Gasteiger partial charge in [-0.3, -0.25) is 4.90 Å². The Morgan fingerprint density at radius 2 is 1.35 bits per heavy atom. The molecule has 0 aliphatic carbocycles. The Balaban J connectivity index is 0.000000589. The van der Waals surface area contributed by atoms with E-state index in [1.165, 1.54) is 89.0 Å². The molecule has 198 valence electrons. The lowest BCUT2D eigenvalue weighted by Gasteiger charge is -2.55. The lowest BCUT2D eigenvalue weighted by atomic mass is 9.77. The Hall–Kier alpha value is -0.840. The quantitative estimate of drug-likeness (QED) is 0.288. The van der Waals surface area contributed by atoms with Crippen molar-refractivity contribution in [3.63, 3.8) is 0 Å². The van der Waals surface area contributed by atoms with Crippen LogP contribution in [0.25, 0.3) is 0 Å². The summed E-state index contributed by atoms with van der Waals surface area (Å²) in [6.07, 6.45) is 22.7. The number of likely N-dealkylation sites (tertiary alicyclic amines) is 1. The van der Waals surface area contributed by atoms with E-state index in [2.05, 4.69) is 69.6 Å². The number of aromatic nitrogens is 1. The molecule has 3 heterocycles. The highest BCUT2D eigenvalue weighted by Gasteiger charge is 2.45. The molecule has 0 saturated carbocycles. The molecule has 2 aliphatic heterocycles. The van der Waals surface area contributed by atoms with Crippen molar-refractivity contribution >= 4 is 0 Å². The van der Waals surface area contributed by atoms with Gasteiger partial charge in [-0.2, -0.15) is 0 Å². The number of ether oxygens (including phenoxy) is 2. The van der Waals surface area contributed by atoms with Crippen LogP contribution in [0.15, 0.2) is 18.5 Å². The predicted molar refractivity (Wildman–Crippen MR) is 146 cm³/mol. The van der Waals surface area contributed by atoms with Gasteiger partial charge in [-0.25, -0.2) is 0 Å². The monoisotopic (exact) mass is 476 g/mol. The average molecular weight is 477 g/mol. The summed E-state index contributed by atoms with van der Waals surface area (Å²) in [4.78, 5) is 2.59. The van der Waals surface area contributed by atoms with Crippen LogP contribution in [0.4, 0.5) is 0 Å². The summed E-state index contributed by atoms with van der Waals surface area (Å²) in [5.41, 5.74) is 2.02. The van der Waals surface area contributed by atoms with Crippen molar-refractivity contribution < 1.29 is 9.47 Å². The Labute approximate surface area is 211 Å². The van der Waals surface area contributed by atoms with Gasteiger partial charge in [0.05, 0.1) is 32.5 Å². The molecule has 0 aromatic carbocycles. The second-order valence-corrected chi connectivity index (χ2v) is 11.7. The van der Waals surface area contributed by atoms with E-state index in [4.69, 9.17) is 9.47 Å². The number of likely N-dealkylation sites (N-methyl/N-ethyl adjacent to an activating group) is 1. The van der Waals surface area contributed by atoms with Crippen LogP contribution < -0.4 is 0 Å². The van der Waals surface area contributed by atoms with Crippen LogP contribution in [0.5, 0.6) is 0 Å². The minimum atomic E-state index is 0.190. The molecule has 4 nitrogen and oxygen atoms in total. The van der Waals surface area contributed by atoms with Crippen molar-refractivity contribution in [3.05, 3.63) is 24.0 Å². The molecular formula is C30H56N2O2. The number of piperidine rings is 1. The van der Waals surface area contributed by atoms with Gasteiger partial charge in [0.2, 0.25) is 0 Å². The summed E-state index contributed by atoms with van der Waals surface area (Å²) in [5, 5.41) is 0. The first kappa shape index (κ1) is 29.4. The van der Waals surface area contributed by atoms with Gasteiger partial charge in [-0.1, -0.05) is 64.7 Å². The Morgan fingerprint density at radius 3 is 1.88 bits per heavy atom. The minimum Gasteiger partial charge on any atom is -0.377 e. The van der Waals surface area contributed by atoms with Crippen molar-refractivity contribution in [3.8, 4) is 0 Å². The van der Waals surface area contributed by atoms with E-state index in [0.717, 1.165) is 26.4 Å². The highest BCUT2D eigenvalue weighted by molar-refractivity contribution is 5.14. The van der Waals surface area contributed by atoms with E-state index in [0.29, 0.717) is 11.6 Å². The van der Waals surface area contributed by atoms with Gasteiger partial charge >= 0.3 is 0 Å². The van der Waals surface area contributed by atoms with E-state index >= 15 is 0 Å². The van der Waals surface area contributed by atoms with Gasteiger partial charge < -0.3 is 14.0 Å². The van der Waals surface area contributed by atoms with E-state index in [9.17, 15) is 0 Å². The third-order valence-electron chi connectivity index (χ3n) is 8.32. The third-order valence-corrected chi connectivity index (χ3v) is 8.32. The van der Waals surface area contributed by atoms with E-state index in [1.54, 1.807) is 0 Å². The second kappa shape index (κ2) is 15.3. The second-order valence-electron chi connectivity index (χ2n) is 11.7. The molecule has 0 N–H and O–H groups in total. The van der Waals surface area contributed by atoms with Crippen molar-refractivity contribution in [1.29, 1.82) is 0 Å². The van der Waals surface area contributed by atoms with E-state index in [1.807, 2.05) is 0 Å². The van der Waals surface area contributed by atoms with Gasteiger partial charge in [0, 0.05) is 23.5 Å². The molecule has 0 amide bonds. The highest BCUT2D eigenvalue weighted by atomic mass is 16.6. The molecule has 2 fully saturated rings. The fraction of sp³-hybridized carbons (Fsp3) is 0.867. The summed E-state index contributed by atoms with van der Waals surface area (Å²) in [5.74, 6) is 0. The molecule has 1 aromatic heterocycles. The summed E-state index contributed by atoms with van der Waals surface area (Å²) < 4.78 is 12.4. The lowest BCUT2D eigenvalue weighted by molar-refractivity contribution is -0.0386. The normalized spacial score (nSPS) is 22.2. The first-order valence-electron chi connectivity index (χ1n) is 14.3. The predicted octanol–water partition coefficient (Wildman–Crippen LogP) is 7.81. The number of hydrogen-bond donors (Lipinski definition) is 0. The molecule has 1 aromatic rings. The molecule has 2 saturated heterocycles. The summed E-state index contributed by atoms with van der Waals surface area (Å²) in [6, 6.07) is 2.94. The molecule has 0 bridgehead atoms. The van der Waals surface area contributed by atoms with Crippen molar-refractivity contribution in [2.75, 3.05) is 33.5 Å². The first-order valence-corrected chi connectivity index (χ1v) is 14.3. The molecule has 0 spiro atoms. The van der Waals surface area contributed by atoms with Crippen LogP contribution in [0, 0.1) is 0 Å². The van der Waals surface area contributed by atoms with Crippen LogP contribution in [-0.4, -0.2) is 54.0 Å². The van der Waals surface area contributed by atoms with Crippen molar-refractivity contribution in [2.45, 2.75) is 135 Å². The van der Waals surface area contributed by atoms with Crippen LogP contribution in [0.2, 0.25) is 0 Å². The Morgan fingerprint density at radius 1 is 0.824 bits per heavy atom. The fourth-order valence-electron chi connectivity index (χ4n) is 5.59. The van der Waals surface area contributed by atoms with Crippen molar-refractivity contribution in [2.24, 2.45) is 0 Å². The largest absolute Gasteiger partial charge is 0.377 e. The fourth-order valence-corrected chi connectivity index (χ4v) is 5.59. The summed E-state index contributed by atoms with van der Waals surface area (Å²) in [6.45, 7) is 15.0. The first-order chi connectivity index (χ1) is 16.3. The molecule has 1 atom stereocenters. The van der Waals surface area contributed by atoms with Crippen LogP contribution in [0.1, 0.15) is 123 Å².